The summed E-state index contributed by atoms with van der Waals surface area (Å²) in [6.45, 7) is 4.51. The molecule has 2 atom stereocenters. The first kappa shape index (κ1) is 12.2. The Hall–Kier alpha value is -1.26. The van der Waals surface area contributed by atoms with Gasteiger partial charge in [0.1, 0.15) is 19.3 Å². The summed E-state index contributed by atoms with van der Waals surface area (Å²) in [5, 5.41) is 20.1. The number of benzene rings is 1. The second kappa shape index (κ2) is 4.55. The van der Waals surface area contributed by atoms with Crippen molar-refractivity contribution in [3.8, 4) is 11.5 Å². The van der Waals surface area contributed by atoms with Crippen LogP contribution in [0.5, 0.6) is 11.5 Å². The molecule has 0 amide bonds. The zero-order valence-electron chi connectivity index (χ0n) is 10.1. The summed E-state index contributed by atoms with van der Waals surface area (Å²) < 4.78 is 10.8. The van der Waals surface area contributed by atoms with Crippen molar-refractivity contribution in [1.29, 1.82) is 0 Å². The van der Waals surface area contributed by atoms with Crippen molar-refractivity contribution in [3.63, 3.8) is 0 Å². The summed E-state index contributed by atoms with van der Waals surface area (Å²) in [7, 11) is 0. The van der Waals surface area contributed by atoms with Crippen molar-refractivity contribution in [2.75, 3.05) is 13.2 Å². The normalized spacial score (nSPS) is 19.5. The van der Waals surface area contributed by atoms with Gasteiger partial charge in [0.05, 0.1) is 5.60 Å². The van der Waals surface area contributed by atoms with Crippen molar-refractivity contribution in [2.24, 2.45) is 0 Å². The molecule has 2 unspecified atom stereocenters. The third-order valence-corrected chi connectivity index (χ3v) is 3.19. The quantitative estimate of drug-likeness (QED) is 0.840. The number of aliphatic hydroxyl groups excluding tert-OH is 1. The zero-order chi connectivity index (χ0) is 12.5. The molecule has 4 nitrogen and oxygen atoms in total. The zero-order valence-corrected chi connectivity index (χ0v) is 10.1. The molecule has 0 aliphatic carbocycles. The molecule has 0 bridgehead atoms. The monoisotopic (exact) mass is 238 g/mol. The summed E-state index contributed by atoms with van der Waals surface area (Å²) in [6, 6.07) is 5.24. The van der Waals surface area contributed by atoms with Gasteiger partial charge in [0.15, 0.2) is 11.5 Å². The standard InChI is InChI=1S/C13H18O4/c1-3-13(2,15)12(14)9-4-5-10-11(8-9)17-7-6-16-10/h4-5,8,12,14-15H,3,6-7H2,1-2H3. The first-order valence-corrected chi connectivity index (χ1v) is 5.84. The highest BCUT2D eigenvalue weighted by Crippen LogP contribution is 2.36. The van der Waals surface area contributed by atoms with Crippen LogP contribution in [0.4, 0.5) is 0 Å². The lowest BCUT2D eigenvalue weighted by Crippen LogP contribution is -2.31. The molecule has 94 valence electrons. The molecule has 0 aromatic heterocycles. The summed E-state index contributed by atoms with van der Waals surface area (Å²) >= 11 is 0. The average Bonchev–Trinajstić information content (AvgIpc) is 2.37. The molecule has 0 saturated heterocycles. The van der Waals surface area contributed by atoms with Crippen LogP contribution in [0.25, 0.3) is 0 Å². The molecule has 2 rings (SSSR count). The lowest BCUT2D eigenvalue weighted by atomic mass is 9.90. The fourth-order valence-corrected chi connectivity index (χ4v) is 1.78. The summed E-state index contributed by atoms with van der Waals surface area (Å²) in [5.74, 6) is 1.31. The fraction of sp³-hybridized carbons (Fsp3) is 0.538. The predicted molar refractivity (Wildman–Crippen MR) is 63.3 cm³/mol. The molecule has 1 aromatic carbocycles. The minimum atomic E-state index is -1.14. The lowest BCUT2D eigenvalue weighted by molar-refractivity contribution is -0.0660. The van der Waals surface area contributed by atoms with E-state index >= 15 is 0 Å². The Morgan fingerprint density at radius 3 is 2.59 bits per heavy atom. The van der Waals surface area contributed by atoms with Crippen LogP contribution in [-0.2, 0) is 0 Å². The molecule has 4 heteroatoms. The minimum absolute atomic E-state index is 0.475. The van der Waals surface area contributed by atoms with Crippen molar-refractivity contribution in [2.45, 2.75) is 32.0 Å². The fourth-order valence-electron chi connectivity index (χ4n) is 1.78. The number of ether oxygens (including phenoxy) is 2. The maximum absolute atomic E-state index is 10.1. The number of fused-ring (bicyclic) bond motifs is 1. The second-order valence-electron chi connectivity index (χ2n) is 4.52. The third-order valence-electron chi connectivity index (χ3n) is 3.19. The van der Waals surface area contributed by atoms with Gasteiger partial charge in [0.2, 0.25) is 0 Å². The Labute approximate surface area is 101 Å². The van der Waals surface area contributed by atoms with Crippen molar-refractivity contribution < 1.29 is 19.7 Å². The maximum Gasteiger partial charge on any atom is 0.161 e. The molecule has 17 heavy (non-hydrogen) atoms. The van der Waals surface area contributed by atoms with Gasteiger partial charge in [-0.1, -0.05) is 13.0 Å². The van der Waals surface area contributed by atoms with Gasteiger partial charge in [-0.3, -0.25) is 0 Å². The Morgan fingerprint density at radius 1 is 1.29 bits per heavy atom. The van der Waals surface area contributed by atoms with Gasteiger partial charge in [-0.05, 0) is 31.0 Å². The van der Waals surface area contributed by atoms with Gasteiger partial charge in [-0.2, -0.15) is 0 Å². The van der Waals surface area contributed by atoms with Crippen LogP contribution >= 0.6 is 0 Å². The number of rotatable bonds is 3. The first-order valence-electron chi connectivity index (χ1n) is 5.84. The molecule has 2 N–H and O–H groups in total. The summed E-state index contributed by atoms with van der Waals surface area (Å²) in [4.78, 5) is 0. The molecular formula is C13H18O4. The van der Waals surface area contributed by atoms with Crippen molar-refractivity contribution >= 4 is 0 Å². The highest BCUT2D eigenvalue weighted by molar-refractivity contribution is 5.44. The van der Waals surface area contributed by atoms with Gasteiger partial charge in [0, 0.05) is 0 Å². The SMILES string of the molecule is CCC(C)(O)C(O)c1ccc2c(c1)OCCO2. The van der Waals surface area contributed by atoms with E-state index in [0.717, 1.165) is 0 Å². The molecule has 0 fully saturated rings. The molecule has 1 heterocycles. The van der Waals surface area contributed by atoms with Gasteiger partial charge < -0.3 is 19.7 Å². The van der Waals surface area contributed by atoms with E-state index in [-0.39, 0.29) is 0 Å². The largest absolute Gasteiger partial charge is 0.486 e. The van der Waals surface area contributed by atoms with Gasteiger partial charge in [-0.25, -0.2) is 0 Å². The predicted octanol–water partition coefficient (Wildman–Crippen LogP) is 1.65. The van der Waals surface area contributed by atoms with Crippen molar-refractivity contribution in [1.82, 2.24) is 0 Å². The van der Waals surface area contributed by atoms with Crippen LogP contribution in [0.1, 0.15) is 31.9 Å². The van der Waals surface area contributed by atoms with E-state index in [2.05, 4.69) is 0 Å². The van der Waals surface area contributed by atoms with Crippen LogP contribution in [0.15, 0.2) is 18.2 Å². The van der Waals surface area contributed by atoms with Crippen LogP contribution in [-0.4, -0.2) is 29.0 Å². The number of aliphatic hydroxyl groups is 2. The molecule has 0 spiro atoms. The Balaban J connectivity index is 2.28. The maximum atomic E-state index is 10.1. The number of hydrogen-bond donors (Lipinski definition) is 2. The average molecular weight is 238 g/mol. The van der Waals surface area contributed by atoms with E-state index < -0.39 is 11.7 Å². The van der Waals surface area contributed by atoms with E-state index in [9.17, 15) is 10.2 Å². The van der Waals surface area contributed by atoms with E-state index in [4.69, 9.17) is 9.47 Å². The molecule has 1 aliphatic heterocycles. The Morgan fingerprint density at radius 2 is 1.94 bits per heavy atom. The lowest BCUT2D eigenvalue weighted by Gasteiger charge is -2.29. The minimum Gasteiger partial charge on any atom is -0.486 e. The molecule has 1 aliphatic rings. The highest BCUT2D eigenvalue weighted by Gasteiger charge is 2.30. The van der Waals surface area contributed by atoms with E-state index in [0.29, 0.717) is 36.7 Å². The second-order valence-corrected chi connectivity index (χ2v) is 4.52. The van der Waals surface area contributed by atoms with Crippen LogP contribution in [0.2, 0.25) is 0 Å². The van der Waals surface area contributed by atoms with E-state index in [1.807, 2.05) is 6.92 Å². The molecule has 1 aromatic rings. The summed E-state index contributed by atoms with van der Waals surface area (Å²) in [5.41, 5.74) is -0.495. The van der Waals surface area contributed by atoms with Crippen LogP contribution < -0.4 is 9.47 Å². The van der Waals surface area contributed by atoms with Crippen LogP contribution in [0, 0.1) is 0 Å². The number of hydrogen-bond acceptors (Lipinski definition) is 4. The first-order chi connectivity index (χ1) is 8.04. The Bertz CT molecular complexity index is 400. The van der Waals surface area contributed by atoms with Crippen LogP contribution in [0.3, 0.4) is 0 Å². The Kier molecular flexibility index (Phi) is 3.26. The molecular weight excluding hydrogens is 220 g/mol. The third kappa shape index (κ3) is 2.37. The van der Waals surface area contributed by atoms with E-state index in [1.165, 1.54) is 0 Å². The topological polar surface area (TPSA) is 58.9 Å². The smallest absolute Gasteiger partial charge is 0.161 e. The molecule has 0 radical (unpaired) electrons. The molecule has 0 saturated carbocycles. The summed E-state index contributed by atoms with van der Waals surface area (Å²) in [6.07, 6.45) is -0.453. The van der Waals surface area contributed by atoms with E-state index in [1.54, 1.807) is 25.1 Å². The highest BCUT2D eigenvalue weighted by atomic mass is 16.6. The van der Waals surface area contributed by atoms with Crippen molar-refractivity contribution in [3.05, 3.63) is 23.8 Å². The van der Waals surface area contributed by atoms with Gasteiger partial charge in [0.25, 0.3) is 0 Å². The van der Waals surface area contributed by atoms with Gasteiger partial charge >= 0.3 is 0 Å². The van der Waals surface area contributed by atoms with Gasteiger partial charge in [-0.15, -0.1) is 0 Å².